The maximum absolute atomic E-state index is 12.5. The van der Waals surface area contributed by atoms with Gasteiger partial charge >= 0.3 is 0 Å². The fourth-order valence-electron chi connectivity index (χ4n) is 3.13. The van der Waals surface area contributed by atoms with Crippen molar-refractivity contribution in [1.29, 1.82) is 0 Å². The van der Waals surface area contributed by atoms with E-state index < -0.39 is 0 Å². The molecule has 3 rings (SSSR count). The molecule has 2 aliphatic rings. The van der Waals surface area contributed by atoms with E-state index in [1.54, 1.807) is 10.9 Å². The van der Waals surface area contributed by atoms with Gasteiger partial charge in [-0.3, -0.25) is 9.48 Å². The quantitative estimate of drug-likeness (QED) is 0.780. The molecule has 1 aromatic heterocycles. The summed E-state index contributed by atoms with van der Waals surface area (Å²) < 4.78 is 7.74. The molecule has 0 N–H and O–H groups in total. The molecular weight excluding hydrogens is 260 g/mol. The zero-order valence-corrected chi connectivity index (χ0v) is 12.1. The number of carbonyl (C=O) groups excluding carboxylic acids is 1. The third kappa shape index (κ3) is 2.72. The van der Waals surface area contributed by atoms with Crippen molar-refractivity contribution in [3.8, 4) is 0 Å². The number of hydrogen-bond donors (Lipinski definition) is 0. The van der Waals surface area contributed by atoms with Crippen LogP contribution in [0, 0.1) is 5.92 Å². The summed E-state index contributed by atoms with van der Waals surface area (Å²) in [6, 6.07) is 0. The van der Waals surface area contributed by atoms with Gasteiger partial charge in [-0.1, -0.05) is 0 Å². The molecule has 19 heavy (non-hydrogen) atoms. The molecule has 0 bridgehead atoms. The summed E-state index contributed by atoms with van der Waals surface area (Å²) in [6.07, 6.45) is 7.43. The van der Waals surface area contributed by atoms with Crippen molar-refractivity contribution in [3.05, 3.63) is 18.0 Å². The van der Waals surface area contributed by atoms with Crippen LogP contribution in [-0.2, 0) is 11.8 Å². The van der Waals surface area contributed by atoms with E-state index >= 15 is 0 Å². The largest absolute Gasteiger partial charge is 0.375 e. The van der Waals surface area contributed by atoms with Gasteiger partial charge in [-0.25, -0.2) is 0 Å². The minimum atomic E-state index is -0.0218. The highest BCUT2D eigenvalue weighted by Crippen LogP contribution is 2.40. The predicted molar refractivity (Wildman–Crippen MR) is 75.5 cm³/mol. The molecule has 2 fully saturated rings. The molecule has 1 unspecified atom stereocenters. The number of Topliss-reactive ketones (excluding diaryl/α,β-unsaturated/α-hetero) is 1. The summed E-state index contributed by atoms with van der Waals surface area (Å²) in [7, 11) is 1.85. The van der Waals surface area contributed by atoms with Crippen LogP contribution in [0.25, 0.3) is 0 Å². The second-order valence-electron chi connectivity index (χ2n) is 5.60. The lowest BCUT2D eigenvalue weighted by molar-refractivity contribution is -0.0959. The SMILES string of the molecule is Cn1cc(C(=O)C2CCOC3(CCSCC3)C2)cn1. The van der Waals surface area contributed by atoms with Crippen LogP contribution >= 0.6 is 11.8 Å². The van der Waals surface area contributed by atoms with Gasteiger partial charge in [0, 0.05) is 25.8 Å². The van der Waals surface area contributed by atoms with Crippen LogP contribution in [-0.4, -0.2) is 39.3 Å². The van der Waals surface area contributed by atoms with Crippen LogP contribution in [0.2, 0.25) is 0 Å². The van der Waals surface area contributed by atoms with Gasteiger partial charge < -0.3 is 4.74 Å². The number of ketones is 1. The lowest BCUT2D eigenvalue weighted by Gasteiger charge is -2.42. The number of ether oxygens (including phenoxy) is 1. The number of nitrogens with zero attached hydrogens (tertiary/aromatic N) is 2. The number of thioether (sulfide) groups is 1. The highest BCUT2D eigenvalue weighted by atomic mass is 32.2. The zero-order valence-electron chi connectivity index (χ0n) is 11.3. The van der Waals surface area contributed by atoms with Crippen LogP contribution in [0.1, 0.15) is 36.0 Å². The first-order chi connectivity index (χ1) is 9.19. The molecule has 4 nitrogen and oxygen atoms in total. The van der Waals surface area contributed by atoms with Crippen molar-refractivity contribution < 1.29 is 9.53 Å². The molecule has 0 aromatic carbocycles. The Kier molecular flexibility index (Phi) is 3.67. The van der Waals surface area contributed by atoms with Crippen molar-refractivity contribution in [2.45, 2.75) is 31.3 Å². The average Bonchev–Trinajstić information content (AvgIpc) is 2.85. The summed E-state index contributed by atoms with van der Waals surface area (Å²) in [5.74, 6) is 2.68. The highest BCUT2D eigenvalue weighted by Gasteiger charge is 2.41. The van der Waals surface area contributed by atoms with Crippen LogP contribution in [0.4, 0.5) is 0 Å². The molecule has 3 heterocycles. The molecule has 1 aromatic rings. The first kappa shape index (κ1) is 13.2. The maximum Gasteiger partial charge on any atom is 0.169 e. The number of carbonyl (C=O) groups is 1. The van der Waals surface area contributed by atoms with Gasteiger partial charge in [0.15, 0.2) is 5.78 Å². The topological polar surface area (TPSA) is 44.1 Å². The number of hydrogen-bond acceptors (Lipinski definition) is 4. The van der Waals surface area contributed by atoms with Crippen LogP contribution in [0.3, 0.4) is 0 Å². The molecule has 0 amide bonds. The van der Waals surface area contributed by atoms with E-state index in [-0.39, 0.29) is 17.3 Å². The van der Waals surface area contributed by atoms with Crippen molar-refractivity contribution in [2.24, 2.45) is 13.0 Å². The van der Waals surface area contributed by atoms with E-state index in [1.807, 2.05) is 25.0 Å². The first-order valence-electron chi connectivity index (χ1n) is 6.93. The predicted octanol–water partition coefficient (Wildman–Crippen LogP) is 2.30. The Balaban J connectivity index is 1.72. The van der Waals surface area contributed by atoms with E-state index in [2.05, 4.69) is 5.10 Å². The molecule has 104 valence electrons. The second-order valence-corrected chi connectivity index (χ2v) is 6.83. The third-order valence-electron chi connectivity index (χ3n) is 4.26. The van der Waals surface area contributed by atoms with Crippen molar-refractivity contribution in [2.75, 3.05) is 18.1 Å². The van der Waals surface area contributed by atoms with Crippen LogP contribution < -0.4 is 0 Å². The number of rotatable bonds is 2. The Labute approximate surface area is 117 Å². The van der Waals surface area contributed by atoms with Gasteiger partial charge in [0.2, 0.25) is 0 Å². The average molecular weight is 280 g/mol. The molecule has 0 aliphatic carbocycles. The molecule has 2 saturated heterocycles. The lowest BCUT2D eigenvalue weighted by Crippen LogP contribution is -2.44. The molecule has 1 spiro atoms. The number of aromatic nitrogens is 2. The smallest absolute Gasteiger partial charge is 0.169 e. The lowest BCUT2D eigenvalue weighted by atomic mass is 9.79. The molecule has 2 aliphatic heterocycles. The third-order valence-corrected chi connectivity index (χ3v) is 5.24. The first-order valence-corrected chi connectivity index (χ1v) is 8.09. The standard InChI is InChI=1S/C14H20N2O2S/c1-16-10-12(9-15-16)13(17)11-2-5-18-14(8-11)3-6-19-7-4-14/h9-11H,2-8H2,1H3. The van der Waals surface area contributed by atoms with Crippen molar-refractivity contribution in [3.63, 3.8) is 0 Å². The van der Waals surface area contributed by atoms with Gasteiger partial charge in [0.25, 0.3) is 0 Å². The summed E-state index contributed by atoms with van der Waals surface area (Å²) >= 11 is 1.99. The van der Waals surface area contributed by atoms with Gasteiger partial charge in [-0.15, -0.1) is 0 Å². The Hall–Kier alpha value is -0.810. The van der Waals surface area contributed by atoms with E-state index in [4.69, 9.17) is 4.74 Å². The van der Waals surface area contributed by atoms with Crippen LogP contribution in [0.15, 0.2) is 12.4 Å². The minimum Gasteiger partial charge on any atom is -0.375 e. The minimum absolute atomic E-state index is 0.0218. The summed E-state index contributed by atoms with van der Waals surface area (Å²) in [4.78, 5) is 12.5. The van der Waals surface area contributed by atoms with Gasteiger partial charge in [0.05, 0.1) is 17.4 Å². The Morgan fingerprint density at radius 2 is 2.32 bits per heavy atom. The molecule has 1 atom stereocenters. The van der Waals surface area contributed by atoms with E-state index in [0.717, 1.165) is 49.4 Å². The second kappa shape index (κ2) is 5.29. The van der Waals surface area contributed by atoms with E-state index in [9.17, 15) is 4.79 Å². The van der Waals surface area contributed by atoms with E-state index in [0.29, 0.717) is 0 Å². The van der Waals surface area contributed by atoms with Crippen molar-refractivity contribution >= 4 is 17.5 Å². The Morgan fingerprint density at radius 3 is 3.00 bits per heavy atom. The van der Waals surface area contributed by atoms with Gasteiger partial charge in [-0.05, 0) is 37.2 Å². The molecule has 5 heteroatoms. The molecular formula is C14H20N2O2S. The summed E-state index contributed by atoms with van der Waals surface area (Å²) in [5.41, 5.74) is 0.723. The fourth-order valence-corrected chi connectivity index (χ4v) is 4.36. The monoisotopic (exact) mass is 280 g/mol. The summed E-state index contributed by atoms with van der Waals surface area (Å²) in [6.45, 7) is 0.724. The maximum atomic E-state index is 12.5. The molecule has 0 radical (unpaired) electrons. The molecule has 0 saturated carbocycles. The van der Waals surface area contributed by atoms with E-state index in [1.165, 1.54) is 0 Å². The Morgan fingerprint density at radius 1 is 1.53 bits per heavy atom. The van der Waals surface area contributed by atoms with Gasteiger partial charge in [0.1, 0.15) is 0 Å². The highest BCUT2D eigenvalue weighted by molar-refractivity contribution is 7.99. The summed E-state index contributed by atoms with van der Waals surface area (Å²) in [5, 5.41) is 4.10. The van der Waals surface area contributed by atoms with Crippen LogP contribution in [0.5, 0.6) is 0 Å². The number of aryl methyl sites for hydroxylation is 1. The van der Waals surface area contributed by atoms with Gasteiger partial charge in [-0.2, -0.15) is 16.9 Å². The Bertz CT molecular complexity index is 460. The zero-order chi connectivity index (χ0) is 13.3. The normalized spacial score (nSPS) is 26.5. The van der Waals surface area contributed by atoms with Crippen molar-refractivity contribution in [1.82, 2.24) is 9.78 Å². The fraction of sp³-hybridized carbons (Fsp3) is 0.714.